The fourth-order valence-corrected chi connectivity index (χ4v) is 2.20. The van der Waals surface area contributed by atoms with Crippen molar-refractivity contribution in [1.29, 1.82) is 0 Å². The Labute approximate surface area is 114 Å². The van der Waals surface area contributed by atoms with Crippen molar-refractivity contribution in [2.75, 3.05) is 0 Å². The topological polar surface area (TPSA) is 45.8 Å². The highest BCUT2D eigenvalue weighted by Crippen LogP contribution is 2.42. The molecule has 3 rings (SSSR count). The number of nitrogens with zero attached hydrogens (tertiary/aromatic N) is 1. The van der Waals surface area contributed by atoms with E-state index in [1.807, 2.05) is 39.8 Å². The van der Waals surface area contributed by atoms with Crippen molar-refractivity contribution in [1.82, 2.24) is 9.97 Å². The molecule has 0 bridgehead atoms. The molecule has 0 spiro atoms. The van der Waals surface area contributed by atoms with E-state index in [9.17, 15) is 4.79 Å². The van der Waals surface area contributed by atoms with Crippen LogP contribution in [0.1, 0.15) is 63.8 Å². The summed E-state index contributed by atoms with van der Waals surface area (Å²) in [5.41, 5.74) is 2.14. The van der Waals surface area contributed by atoms with Gasteiger partial charge in [-0.1, -0.05) is 39.8 Å². The lowest BCUT2D eigenvalue weighted by molar-refractivity contribution is 0.775. The Kier molecular flexibility index (Phi) is 4.03. The first-order valence-corrected chi connectivity index (χ1v) is 7.19. The molecule has 0 unspecified atom stereocenters. The fourth-order valence-electron chi connectivity index (χ4n) is 2.20. The standard InChI is InChI=1S/C14H16N2O.C2H6/c1-8(2)13-15-12-10(9-6-7-9)4-3-5-11(12)14(17)16-13;1-2/h3-5,8-9H,6-7H2,1-2H3,(H,15,16,17);1-2H3. The number of para-hydroxylation sites is 1. The second-order valence-corrected chi connectivity index (χ2v) is 5.12. The number of aromatic nitrogens is 2. The van der Waals surface area contributed by atoms with Gasteiger partial charge < -0.3 is 4.98 Å². The molecule has 1 aromatic heterocycles. The van der Waals surface area contributed by atoms with Gasteiger partial charge >= 0.3 is 0 Å². The van der Waals surface area contributed by atoms with Crippen LogP contribution in [0.3, 0.4) is 0 Å². The number of H-pyrrole nitrogens is 1. The van der Waals surface area contributed by atoms with Crippen molar-refractivity contribution in [2.45, 2.75) is 52.4 Å². The van der Waals surface area contributed by atoms with Crippen LogP contribution in [0.5, 0.6) is 0 Å². The minimum Gasteiger partial charge on any atom is -0.310 e. The first kappa shape index (κ1) is 13.8. The Hall–Kier alpha value is -1.64. The zero-order chi connectivity index (χ0) is 14.0. The number of nitrogens with one attached hydrogen (secondary N) is 1. The van der Waals surface area contributed by atoms with E-state index < -0.39 is 0 Å². The summed E-state index contributed by atoms with van der Waals surface area (Å²) < 4.78 is 0. The van der Waals surface area contributed by atoms with Crippen LogP contribution in [-0.4, -0.2) is 9.97 Å². The van der Waals surface area contributed by atoms with E-state index in [0.717, 1.165) is 16.7 Å². The molecule has 0 atom stereocenters. The maximum absolute atomic E-state index is 12.0. The number of aromatic amines is 1. The van der Waals surface area contributed by atoms with E-state index in [4.69, 9.17) is 0 Å². The summed E-state index contributed by atoms with van der Waals surface area (Å²) in [5.74, 6) is 1.66. The monoisotopic (exact) mass is 258 g/mol. The largest absolute Gasteiger partial charge is 0.310 e. The molecule has 3 nitrogen and oxygen atoms in total. The molecule has 1 aliphatic rings. The molecule has 102 valence electrons. The molecule has 1 aliphatic carbocycles. The summed E-state index contributed by atoms with van der Waals surface area (Å²) in [6.45, 7) is 8.09. The van der Waals surface area contributed by atoms with Crippen molar-refractivity contribution in [3.8, 4) is 0 Å². The van der Waals surface area contributed by atoms with Crippen molar-refractivity contribution < 1.29 is 0 Å². The van der Waals surface area contributed by atoms with Gasteiger partial charge in [0.1, 0.15) is 5.82 Å². The van der Waals surface area contributed by atoms with E-state index in [1.165, 1.54) is 18.4 Å². The number of benzene rings is 1. The molecule has 19 heavy (non-hydrogen) atoms. The Bertz CT molecular complexity index is 624. The van der Waals surface area contributed by atoms with Gasteiger partial charge in [0.05, 0.1) is 10.9 Å². The Balaban J connectivity index is 0.000000637. The van der Waals surface area contributed by atoms with Gasteiger partial charge in [0, 0.05) is 5.92 Å². The highest BCUT2D eigenvalue weighted by Gasteiger charge is 2.26. The molecule has 1 fully saturated rings. The molecule has 3 heteroatoms. The first-order chi connectivity index (χ1) is 9.16. The highest BCUT2D eigenvalue weighted by atomic mass is 16.1. The second kappa shape index (κ2) is 5.55. The highest BCUT2D eigenvalue weighted by molar-refractivity contribution is 5.81. The predicted molar refractivity (Wildman–Crippen MR) is 79.8 cm³/mol. The molecule has 1 aromatic carbocycles. The minimum absolute atomic E-state index is 0.0128. The van der Waals surface area contributed by atoms with Crippen molar-refractivity contribution in [3.05, 3.63) is 39.9 Å². The zero-order valence-corrected chi connectivity index (χ0v) is 12.2. The Morgan fingerprint density at radius 1 is 1.26 bits per heavy atom. The average molecular weight is 258 g/mol. The minimum atomic E-state index is -0.0128. The van der Waals surface area contributed by atoms with Crippen LogP contribution in [0.25, 0.3) is 10.9 Å². The van der Waals surface area contributed by atoms with Crippen LogP contribution in [-0.2, 0) is 0 Å². The lowest BCUT2D eigenvalue weighted by Gasteiger charge is -2.08. The van der Waals surface area contributed by atoms with Crippen LogP contribution in [0.15, 0.2) is 23.0 Å². The van der Waals surface area contributed by atoms with Crippen LogP contribution in [0.4, 0.5) is 0 Å². The van der Waals surface area contributed by atoms with Gasteiger partial charge in [-0.3, -0.25) is 4.79 Å². The number of hydrogen-bond acceptors (Lipinski definition) is 2. The molecule has 1 heterocycles. The van der Waals surface area contributed by atoms with Gasteiger partial charge in [0.2, 0.25) is 0 Å². The molecule has 0 saturated heterocycles. The van der Waals surface area contributed by atoms with Gasteiger partial charge in [0.25, 0.3) is 5.56 Å². The number of hydrogen-bond donors (Lipinski definition) is 1. The van der Waals surface area contributed by atoms with E-state index in [1.54, 1.807) is 0 Å². The molecule has 0 amide bonds. The van der Waals surface area contributed by atoms with Gasteiger partial charge in [-0.2, -0.15) is 0 Å². The Morgan fingerprint density at radius 2 is 1.95 bits per heavy atom. The average Bonchev–Trinajstić information content (AvgIpc) is 3.24. The van der Waals surface area contributed by atoms with Crippen LogP contribution >= 0.6 is 0 Å². The van der Waals surface area contributed by atoms with E-state index in [-0.39, 0.29) is 11.5 Å². The third kappa shape index (κ3) is 2.70. The smallest absolute Gasteiger partial charge is 0.258 e. The lowest BCUT2D eigenvalue weighted by atomic mass is 10.1. The first-order valence-electron chi connectivity index (χ1n) is 7.19. The Morgan fingerprint density at radius 3 is 2.53 bits per heavy atom. The molecular weight excluding hydrogens is 236 g/mol. The summed E-state index contributed by atoms with van der Waals surface area (Å²) >= 11 is 0. The van der Waals surface area contributed by atoms with Crippen molar-refractivity contribution in [2.24, 2.45) is 0 Å². The van der Waals surface area contributed by atoms with Crippen LogP contribution < -0.4 is 5.56 Å². The predicted octanol–water partition coefficient (Wildman–Crippen LogP) is 3.95. The molecule has 2 aromatic rings. The number of rotatable bonds is 2. The normalized spacial score (nSPS) is 14.4. The molecule has 1 N–H and O–H groups in total. The quantitative estimate of drug-likeness (QED) is 0.886. The molecule has 0 radical (unpaired) electrons. The maximum atomic E-state index is 12.0. The van der Waals surface area contributed by atoms with E-state index in [2.05, 4.69) is 16.0 Å². The van der Waals surface area contributed by atoms with Gasteiger partial charge in [-0.25, -0.2) is 4.98 Å². The molecule has 1 saturated carbocycles. The third-order valence-corrected chi connectivity index (χ3v) is 3.35. The third-order valence-electron chi connectivity index (χ3n) is 3.35. The second-order valence-electron chi connectivity index (χ2n) is 5.12. The zero-order valence-electron chi connectivity index (χ0n) is 12.2. The number of fused-ring (bicyclic) bond motifs is 1. The summed E-state index contributed by atoms with van der Waals surface area (Å²) in [5, 5.41) is 0.721. The fraction of sp³-hybridized carbons (Fsp3) is 0.500. The maximum Gasteiger partial charge on any atom is 0.258 e. The van der Waals surface area contributed by atoms with E-state index >= 15 is 0 Å². The summed E-state index contributed by atoms with van der Waals surface area (Å²) in [7, 11) is 0. The SMILES string of the molecule is CC.CC(C)c1nc2c(C3CC3)cccc2c(=O)[nH]1. The van der Waals surface area contributed by atoms with Gasteiger partial charge in [0.15, 0.2) is 0 Å². The van der Waals surface area contributed by atoms with Crippen LogP contribution in [0, 0.1) is 0 Å². The summed E-state index contributed by atoms with van der Waals surface area (Å²) in [4.78, 5) is 19.5. The van der Waals surface area contributed by atoms with Crippen molar-refractivity contribution >= 4 is 10.9 Å². The van der Waals surface area contributed by atoms with E-state index in [0.29, 0.717) is 5.92 Å². The summed E-state index contributed by atoms with van der Waals surface area (Å²) in [6, 6.07) is 5.93. The summed E-state index contributed by atoms with van der Waals surface area (Å²) in [6.07, 6.45) is 2.45. The van der Waals surface area contributed by atoms with Crippen molar-refractivity contribution in [3.63, 3.8) is 0 Å². The lowest BCUT2D eigenvalue weighted by Crippen LogP contribution is -2.13. The van der Waals surface area contributed by atoms with Gasteiger partial charge in [-0.15, -0.1) is 0 Å². The van der Waals surface area contributed by atoms with Crippen LogP contribution in [0.2, 0.25) is 0 Å². The molecular formula is C16H22N2O. The van der Waals surface area contributed by atoms with Gasteiger partial charge in [-0.05, 0) is 30.4 Å². The molecule has 0 aliphatic heterocycles.